The van der Waals surface area contributed by atoms with Crippen LogP contribution in [0.4, 0.5) is 0 Å². The van der Waals surface area contributed by atoms with E-state index >= 15 is 0 Å². The molecule has 1 aromatic heterocycles. The fraction of sp³-hybridized carbons (Fsp3) is 0.207. The van der Waals surface area contributed by atoms with E-state index in [9.17, 15) is 9.59 Å². The number of carbonyl (C=O) groups excluding carboxylic acids is 2. The van der Waals surface area contributed by atoms with E-state index in [1.807, 2.05) is 61.5 Å². The third kappa shape index (κ3) is 6.29. The second-order valence-electron chi connectivity index (χ2n) is 8.50. The Bertz CT molecular complexity index is 1320. The Hall–Kier alpha value is -3.71. The third-order valence-corrected chi connectivity index (χ3v) is 6.32. The molecule has 1 heterocycles. The summed E-state index contributed by atoms with van der Waals surface area (Å²) >= 11 is 3.46. The molecule has 0 aliphatic heterocycles. The minimum atomic E-state index is -0.477. The van der Waals surface area contributed by atoms with Crippen LogP contribution in [0.15, 0.2) is 89.4 Å². The van der Waals surface area contributed by atoms with Crippen LogP contribution in [0.1, 0.15) is 46.7 Å². The molecule has 36 heavy (non-hydrogen) atoms. The van der Waals surface area contributed by atoms with Gasteiger partial charge in [0.15, 0.2) is 5.69 Å². The minimum absolute atomic E-state index is 0.0413. The van der Waals surface area contributed by atoms with Gasteiger partial charge in [-0.3, -0.25) is 4.79 Å². The van der Waals surface area contributed by atoms with Crippen molar-refractivity contribution in [2.75, 3.05) is 6.61 Å². The fourth-order valence-corrected chi connectivity index (χ4v) is 4.13. The smallest absolute Gasteiger partial charge is 0.358 e. The van der Waals surface area contributed by atoms with Gasteiger partial charge in [-0.25, -0.2) is 9.48 Å². The number of halogens is 1. The van der Waals surface area contributed by atoms with E-state index in [0.29, 0.717) is 5.56 Å². The highest BCUT2D eigenvalue weighted by Crippen LogP contribution is 2.26. The molecule has 1 atom stereocenters. The number of nitrogens with zero attached hydrogens (tertiary/aromatic N) is 2. The van der Waals surface area contributed by atoms with Gasteiger partial charge < -0.3 is 10.1 Å². The molecule has 0 saturated heterocycles. The molecule has 1 amide bonds. The van der Waals surface area contributed by atoms with E-state index in [4.69, 9.17) is 4.74 Å². The SMILES string of the molecule is CCOC(=O)c1cc(-c2ccc(Br)cc2)n(-c2ccc(C(=O)N[C@@H](C)CCc3ccccc3)cc2)n1. The number of ether oxygens (including phenoxy) is 1. The molecule has 0 unspecified atom stereocenters. The van der Waals surface area contributed by atoms with E-state index in [1.54, 1.807) is 29.8 Å². The Labute approximate surface area is 219 Å². The normalized spacial score (nSPS) is 11.6. The van der Waals surface area contributed by atoms with Gasteiger partial charge in [-0.05, 0) is 74.7 Å². The standard InChI is InChI=1S/C29H28BrN3O3/c1-3-36-29(35)26-19-27(22-11-15-24(30)16-12-22)33(32-26)25-17-13-23(14-18-25)28(34)31-20(2)9-10-21-7-5-4-6-8-21/h4-8,11-20H,3,9-10H2,1-2H3,(H,31,34)/t20-/m0/s1. The molecule has 7 heteroatoms. The average molecular weight is 546 g/mol. The molecule has 0 bridgehead atoms. The molecule has 0 aliphatic rings. The van der Waals surface area contributed by atoms with Gasteiger partial charge >= 0.3 is 5.97 Å². The number of nitrogens with one attached hydrogen (secondary N) is 1. The molecule has 4 rings (SSSR count). The van der Waals surface area contributed by atoms with Crippen LogP contribution in [0, 0.1) is 0 Å². The molecule has 0 radical (unpaired) electrons. The Morgan fingerprint density at radius 3 is 2.36 bits per heavy atom. The maximum Gasteiger partial charge on any atom is 0.358 e. The van der Waals surface area contributed by atoms with E-state index < -0.39 is 5.97 Å². The number of esters is 1. The Kier molecular flexibility index (Phi) is 8.33. The minimum Gasteiger partial charge on any atom is -0.461 e. The summed E-state index contributed by atoms with van der Waals surface area (Å²) in [6.07, 6.45) is 1.76. The lowest BCUT2D eigenvalue weighted by Crippen LogP contribution is -2.32. The van der Waals surface area contributed by atoms with Crippen LogP contribution in [0.25, 0.3) is 16.9 Å². The molecule has 0 aliphatic carbocycles. The van der Waals surface area contributed by atoms with Crippen molar-refractivity contribution in [1.82, 2.24) is 15.1 Å². The number of amides is 1. The van der Waals surface area contributed by atoms with Crippen molar-refractivity contribution in [3.8, 4) is 16.9 Å². The summed E-state index contributed by atoms with van der Waals surface area (Å²) in [5, 5.41) is 7.58. The van der Waals surface area contributed by atoms with Crippen LogP contribution >= 0.6 is 15.9 Å². The van der Waals surface area contributed by atoms with E-state index in [0.717, 1.165) is 34.3 Å². The summed E-state index contributed by atoms with van der Waals surface area (Å²) in [5.74, 6) is -0.599. The van der Waals surface area contributed by atoms with Crippen molar-refractivity contribution >= 4 is 27.8 Å². The maximum atomic E-state index is 12.8. The van der Waals surface area contributed by atoms with Crippen molar-refractivity contribution in [3.63, 3.8) is 0 Å². The summed E-state index contributed by atoms with van der Waals surface area (Å²) in [7, 11) is 0. The molecule has 0 fully saturated rings. The zero-order valence-corrected chi connectivity index (χ0v) is 21.9. The Balaban J connectivity index is 1.51. The van der Waals surface area contributed by atoms with Gasteiger partial charge in [0.2, 0.25) is 0 Å². The average Bonchev–Trinajstić information content (AvgIpc) is 3.34. The molecule has 0 spiro atoms. The number of aryl methyl sites for hydroxylation is 1. The fourth-order valence-electron chi connectivity index (χ4n) is 3.87. The molecular formula is C29H28BrN3O3. The summed E-state index contributed by atoms with van der Waals surface area (Å²) in [6.45, 7) is 4.05. The Morgan fingerprint density at radius 1 is 1.00 bits per heavy atom. The first-order valence-corrected chi connectivity index (χ1v) is 12.7. The number of benzene rings is 3. The zero-order chi connectivity index (χ0) is 25.5. The van der Waals surface area contributed by atoms with Gasteiger partial charge in [-0.1, -0.05) is 58.4 Å². The summed E-state index contributed by atoms with van der Waals surface area (Å²) < 4.78 is 7.80. The molecule has 184 valence electrons. The van der Waals surface area contributed by atoms with Crippen molar-refractivity contribution in [3.05, 3.63) is 106 Å². The van der Waals surface area contributed by atoms with Gasteiger partial charge in [0, 0.05) is 21.6 Å². The lowest BCUT2D eigenvalue weighted by Gasteiger charge is -2.14. The topological polar surface area (TPSA) is 73.2 Å². The molecule has 0 saturated carbocycles. The van der Waals surface area contributed by atoms with Crippen molar-refractivity contribution in [2.24, 2.45) is 0 Å². The number of carbonyl (C=O) groups is 2. The van der Waals surface area contributed by atoms with Crippen LogP contribution in [-0.2, 0) is 11.2 Å². The third-order valence-electron chi connectivity index (χ3n) is 5.79. The number of hydrogen-bond donors (Lipinski definition) is 1. The quantitative estimate of drug-likeness (QED) is 0.253. The van der Waals surface area contributed by atoms with Crippen molar-refractivity contribution in [2.45, 2.75) is 32.7 Å². The lowest BCUT2D eigenvalue weighted by molar-refractivity contribution is 0.0518. The highest BCUT2D eigenvalue weighted by Gasteiger charge is 2.18. The predicted octanol–water partition coefficient (Wildman–Crippen LogP) is 6.23. The van der Waals surface area contributed by atoms with Gasteiger partial charge in [0.25, 0.3) is 5.91 Å². The predicted molar refractivity (Wildman–Crippen MR) is 144 cm³/mol. The maximum absolute atomic E-state index is 12.8. The van der Waals surface area contributed by atoms with E-state index in [-0.39, 0.29) is 24.2 Å². The number of aromatic nitrogens is 2. The first kappa shape index (κ1) is 25.4. The van der Waals surface area contributed by atoms with Crippen LogP contribution in [0.5, 0.6) is 0 Å². The monoisotopic (exact) mass is 545 g/mol. The van der Waals surface area contributed by atoms with Crippen LogP contribution in [-0.4, -0.2) is 34.3 Å². The largest absolute Gasteiger partial charge is 0.461 e. The van der Waals surface area contributed by atoms with Crippen molar-refractivity contribution < 1.29 is 14.3 Å². The van der Waals surface area contributed by atoms with Gasteiger partial charge in [-0.2, -0.15) is 5.10 Å². The molecule has 1 N–H and O–H groups in total. The lowest BCUT2D eigenvalue weighted by atomic mass is 10.1. The zero-order valence-electron chi connectivity index (χ0n) is 20.3. The first-order chi connectivity index (χ1) is 17.4. The molecule has 6 nitrogen and oxygen atoms in total. The van der Waals surface area contributed by atoms with Crippen LogP contribution in [0.2, 0.25) is 0 Å². The van der Waals surface area contributed by atoms with Gasteiger partial charge in [-0.15, -0.1) is 0 Å². The number of rotatable bonds is 9. The summed E-state index contributed by atoms with van der Waals surface area (Å²) in [5.41, 5.74) is 4.42. The second-order valence-corrected chi connectivity index (χ2v) is 9.42. The molecular weight excluding hydrogens is 518 g/mol. The highest BCUT2D eigenvalue weighted by molar-refractivity contribution is 9.10. The summed E-state index contributed by atoms with van der Waals surface area (Å²) in [6, 6.07) is 27.0. The second kappa shape index (κ2) is 11.8. The summed E-state index contributed by atoms with van der Waals surface area (Å²) in [4.78, 5) is 25.2. The highest BCUT2D eigenvalue weighted by atomic mass is 79.9. The molecule has 4 aromatic rings. The van der Waals surface area contributed by atoms with Gasteiger partial charge in [0.05, 0.1) is 18.0 Å². The van der Waals surface area contributed by atoms with E-state index in [2.05, 4.69) is 38.5 Å². The van der Waals surface area contributed by atoms with Crippen LogP contribution < -0.4 is 5.32 Å². The Morgan fingerprint density at radius 2 is 1.69 bits per heavy atom. The van der Waals surface area contributed by atoms with E-state index in [1.165, 1.54) is 5.56 Å². The van der Waals surface area contributed by atoms with Crippen molar-refractivity contribution in [1.29, 1.82) is 0 Å². The number of hydrogen-bond acceptors (Lipinski definition) is 4. The first-order valence-electron chi connectivity index (χ1n) is 11.9. The van der Waals surface area contributed by atoms with Crippen LogP contribution in [0.3, 0.4) is 0 Å². The molecule has 3 aromatic carbocycles. The van der Waals surface area contributed by atoms with Gasteiger partial charge in [0.1, 0.15) is 0 Å².